The molecule has 0 unspecified atom stereocenters. The zero-order valence-corrected chi connectivity index (χ0v) is 6.15. The fourth-order valence-electron chi connectivity index (χ4n) is 0.772. The Labute approximate surface area is 64.0 Å². The van der Waals surface area contributed by atoms with Crippen molar-refractivity contribution in [1.82, 2.24) is 4.98 Å². The van der Waals surface area contributed by atoms with Crippen LogP contribution in [0.15, 0.2) is 18.3 Å². The summed E-state index contributed by atoms with van der Waals surface area (Å²) >= 11 is 0. The van der Waals surface area contributed by atoms with Crippen LogP contribution in [-0.2, 0) is 6.42 Å². The van der Waals surface area contributed by atoms with Crippen molar-refractivity contribution in [2.45, 2.75) is 13.3 Å². The van der Waals surface area contributed by atoms with Gasteiger partial charge in [0.15, 0.2) is 0 Å². The van der Waals surface area contributed by atoms with Gasteiger partial charge in [-0.2, -0.15) is 0 Å². The highest BCUT2D eigenvalue weighted by molar-refractivity contribution is 5.29. The lowest BCUT2D eigenvalue weighted by molar-refractivity contribution is -0.385. The Bertz CT molecular complexity index is 273. The predicted molar refractivity (Wildman–Crippen MR) is 40.3 cm³/mol. The van der Waals surface area contributed by atoms with Crippen LogP contribution in [0.1, 0.15) is 12.6 Å². The second-order valence-electron chi connectivity index (χ2n) is 2.12. The van der Waals surface area contributed by atoms with Crippen molar-refractivity contribution in [2.75, 3.05) is 0 Å². The van der Waals surface area contributed by atoms with Crippen molar-refractivity contribution in [1.29, 1.82) is 0 Å². The minimum atomic E-state index is -0.416. The van der Waals surface area contributed by atoms with Crippen LogP contribution in [-0.4, -0.2) is 9.91 Å². The third-order valence-electron chi connectivity index (χ3n) is 1.37. The molecule has 0 aliphatic heterocycles. The van der Waals surface area contributed by atoms with Gasteiger partial charge in [0.05, 0.1) is 4.92 Å². The molecule has 58 valence electrons. The number of nitrogens with zero attached hydrogens (tertiary/aromatic N) is 2. The van der Waals surface area contributed by atoms with E-state index in [1.165, 1.54) is 18.3 Å². The minimum absolute atomic E-state index is 0.108. The second-order valence-corrected chi connectivity index (χ2v) is 2.12. The molecule has 4 nitrogen and oxygen atoms in total. The maximum atomic E-state index is 10.2. The molecular formula is C7H8N2O2. The first kappa shape index (κ1) is 7.65. The number of hydrogen-bond donors (Lipinski definition) is 0. The second kappa shape index (κ2) is 3.09. The van der Waals surface area contributed by atoms with Gasteiger partial charge >= 0.3 is 0 Å². The van der Waals surface area contributed by atoms with Crippen molar-refractivity contribution in [3.05, 3.63) is 34.1 Å². The van der Waals surface area contributed by atoms with Crippen LogP contribution in [0.5, 0.6) is 0 Å². The molecule has 0 aromatic carbocycles. The number of nitro groups is 1. The molecule has 0 radical (unpaired) electrons. The lowest BCUT2D eigenvalue weighted by Crippen LogP contribution is -1.91. The lowest BCUT2D eigenvalue weighted by Gasteiger charge is -1.93. The SMILES string of the molecule is CCc1cc([N+](=O)[O-])ccn1. The van der Waals surface area contributed by atoms with Gasteiger partial charge in [0, 0.05) is 24.0 Å². The Morgan fingerprint density at radius 3 is 3.00 bits per heavy atom. The van der Waals surface area contributed by atoms with Crippen LogP contribution in [0.25, 0.3) is 0 Å². The predicted octanol–water partition coefficient (Wildman–Crippen LogP) is 1.55. The van der Waals surface area contributed by atoms with Crippen molar-refractivity contribution in [2.24, 2.45) is 0 Å². The highest BCUT2D eigenvalue weighted by Gasteiger charge is 2.04. The van der Waals surface area contributed by atoms with E-state index in [1.807, 2.05) is 6.92 Å². The Kier molecular flexibility index (Phi) is 2.15. The molecule has 0 spiro atoms. The van der Waals surface area contributed by atoms with Gasteiger partial charge in [0.2, 0.25) is 0 Å². The largest absolute Gasteiger partial charge is 0.272 e. The molecule has 0 saturated heterocycles. The average molecular weight is 152 g/mol. The fraction of sp³-hybridized carbons (Fsp3) is 0.286. The smallest absolute Gasteiger partial charge is 0.261 e. The first-order chi connectivity index (χ1) is 5.24. The Morgan fingerprint density at radius 2 is 2.45 bits per heavy atom. The number of aromatic nitrogens is 1. The van der Waals surface area contributed by atoms with Crippen molar-refractivity contribution >= 4 is 5.69 Å². The van der Waals surface area contributed by atoms with Crippen LogP contribution >= 0.6 is 0 Å². The number of pyridine rings is 1. The molecule has 1 rings (SSSR count). The first-order valence-electron chi connectivity index (χ1n) is 3.33. The van der Waals surface area contributed by atoms with Gasteiger partial charge in [0.25, 0.3) is 5.69 Å². The zero-order chi connectivity index (χ0) is 8.27. The topological polar surface area (TPSA) is 56.0 Å². The third kappa shape index (κ3) is 1.73. The van der Waals surface area contributed by atoms with E-state index < -0.39 is 4.92 Å². The first-order valence-corrected chi connectivity index (χ1v) is 3.33. The van der Waals surface area contributed by atoms with Crippen molar-refractivity contribution in [3.63, 3.8) is 0 Å². The maximum Gasteiger partial charge on any atom is 0.272 e. The van der Waals surface area contributed by atoms with Gasteiger partial charge in [-0.1, -0.05) is 6.92 Å². The highest BCUT2D eigenvalue weighted by atomic mass is 16.6. The Morgan fingerprint density at radius 1 is 1.73 bits per heavy atom. The van der Waals surface area contributed by atoms with E-state index in [0.717, 1.165) is 12.1 Å². The van der Waals surface area contributed by atoms with Crippen LogP contribution in [0.4, 0.5) is 5.69 Å². The van der Waals surface area contributed by atoms with E-state index in [9.17, 15) is 10.1 Å². The molecule has 0 N–H and O–H groups in total. The molecule has 1 aromatic heterocycles. The monoisotopic (exact) mass is 152 g/mol. The van der Waals surface area contributed by atoms with Gasteiger partial charge in [-0.05, 0) is 6.42 Å². The molecule has 1 aromatic rings. The van der Waals surface area contributed by atoms with Crippen molar-refractivity contribution < 1.29 is 4.92 Å². The van der Waals surface area contributed by atoms with Gasteiger partial charge in [-0.3, -0.25) is 15.1 Å². The molecule has 1 heterocycles. The molecule has 0 aliphatic carbocycles. The van der Waals surface area contributed by atoms with Gasteiger partial charge in [-0.15, -0.1) is 0 Å². The van der Waals surface area contributed by atoms with E-state index in [1.54, 1.807) is 0 Å². The van der Waals surface area contributed by atoms with Crippen LogP contribution in [0.3, 0.4) is 0 Å². The molecular weight excluding hydrogens is 144 g/mol. The zero-order valence-electron chi connectivity index (χ0n) is 6.15. The van der Waals surface area contributed by atoms with Crippen LogP contribution in [0, 0.1) is 10.1 Å². The number of aryl methyl sites for hydroxylation is 1. The van der Waals surface area contributed by atoms with Gasteiger partial charge in [0.1, 0.15) is 0 Å². The van der Waals surface area contributed by atoms with E-state index in [-0.39, 0.29) is 5.69 Å². The summed E-state index contributed by atoms with van der Waals surface area (Å²) in [4.78, 5) is 13.8. The molecule has 0 saturated carbocycles. The molecule has 11 heavy (non-hydrogen) atoms. The molecule has 0 bridgehead atoms. The normalized spacial score (nSPS) is 9.55. The summed E-state index contributed by atoms with van der Waals surface area (Å²) in [6.45, 7) is 1.91. The molecule has 0 aliphatic rings. The third-order valence-corrected chi connectivity index (χ3v) is 1.37. The molecule has 4 heteroatoms. The summed E-state index contributed by atoms with van der Waals surface area (Å²) in [5.41, 5.74) is 0.857. The summed E-state index contributed by atoms with van der Waals surface area (Å²) in [6.07, 6.45) is 2.18. The maximum absolute atomic E-state index is 10.2. The van der Waals surface area contributed by atoms with Gasteiger partial charge < -0.3 is 0 Å². The number of rotatable bonds is 2. The molecule has 0 amide bonds. The minimum Gasteiger partial charge on any atom is -0.261 e. The van der Waals surface area contributed by atoms with E-state index in [2.05, 4.69) is 4.98 Å². The highest BCUT2D eigenvalue weighted by Crippen LogP contribution is 2.10. The molecule has 0 fully saturated rings. The fourth-order valence-corrected chi connectivity index (χ4v) is 0.772. The Balaban J connectivity index is 3.01. The quantitative estimate of drug-likeness (QED) is 0.477. The summed E-state index contributed by atoms with van der Waals surface area (Å²) in [5, 5.41) is 10.2. The summed E-state index contributed by atoms with van der Waals surface area (Å²) in [7, 11) is 0. The summed E-state index contributed by atoms with van der Waals surface area (Å²) in [6, 6.07) is 2.87. The average Bonchev–Trinajstić information content (AvgIpc) is 2.05. The molecule has 0 atom stereocenters. The standard InChI is InChI=1S/C7H8N2O2/c1-2-6-5-7(9(10)11)3-4-8-6/h3-5H,2H2,1H3. The van der Waals surface area contributed by atoms with E-state index in [4.69, 9.17) is 0 Å². The Hall–Kier alpha value is -1.45. The lowest BCUT2D eigenvalue weighted by atomic mass is 10.3. The van der Waals surface area contributed by atoms with Gasteiger partial charge in [-0.25, -0.2) is 0 Å². The van der Waals surface area contributed by atoms with Crippen LogP contribution in [0.2, 0.25) is 0 Å². The van der Waals surface area contributed by atoms with Crippen LogP contribution < -0.4 is 0 Å². The number of hydrogen-bond acceptors (Lipinski definition) is 3. The summed E-state index contributed by atoms with van der Waals surface area (Å²) < 4.78 is 0. The summed E-state index contributed by atoms with van der Waals surface area (Å²) in [5.74, 6) is 0. The van der Waals surface area contributed by atoms with E-state index >= 15 is 0 Å². The van der Waals surface area contributed by atoms with Crippen molar-refractivity contribution in [3.8, 4) is 0 Å². The van der Waals surface area contributed by atoms with E-state index in [0.29, 0.717) is 0 Å².